The molecule has 0 aromatic heterocycles. The highest BCUT2D eigenvalue weighted by Gasteiger charge is 2.58. The minimum absolute atomic E-state index is 2.47. The van der Waals surface area contributed by atoms with Crippen molar-refractivity contribution < 1.29 is 30.6 Å². The number of alkyl halides is 6. The molecule has 0 aliphatic heterocycles. The second-order valence-electron chi connectivity index (χ2n) is 1.54. The second-order valence-corrected chi connectivity index (χ2v) is 1.70. The first-order valence-electron chi connectivity index (χ1n) is 2.10. The molecule has 0 fully saturated rings. The van der Waals surface area contributed by atoms with E-state index < -0.39 is 18.5 Å². The maximum atomic E-state index is 11.6. The summed E-state index contributed by atoms with van der Waals surface area (Å²) >= 11 is 3.90. The van der Waals surface area contributed by atoms with Crippen molar-refractivity contribution in [2.75, 3.05) is 0 Å². The van der Waals surface area contributed by atoms with Gasteiger partial charge < -0.3 is 0 Å². The molecule has 0 radical (unpaired) electrons. The molecule has 0 bridgehead atoms. The smallest absolute Gasteiger partial charge is 0.228 e. The maximum absolute atomic E-state index is 11.6. The van der Waals surface area contributed by atoms with Crippen molar-refractivity contribution >= 4 is 11.9 Å². The Morgan fingerprint density at radius 1 is 1.09 bits per heavy atom. The van der Waals surface area contributed by atoms with Gasteiger partial charge in [-0.15, -0.1) is 0 Å². The summed E-state index contributed by atoms with van der Waals surface area (Å²) in [5.41, 5.74) is 0. The first-order valence-corrected chi connectivity index (χ1v) is 2.41. The quantitative estimate of drug-likeness (QED) is 0.626. The summed E-state index contributed by atoms with van der Waals surface area (Å²) in [4.78, 5) is 0. The van der Waals surface area contributed by atoms with E-state index in [2.05, 4.69) is 16.2 Å². The van der Waals surface area contributed by atoms with E-state index in [4.69, 9.17) is 0 Å². The van der Waals surface area contributed by atoms with Gasteiger partial charge in [-0.05, 0) is 0 Å². The van der Waals surface area contributed by atoms with E-state index in [1.54, 1.807) is 0 Å². The summed E-state index contributed by atoms with van der Waals surface area (Å²) in [6.45, 7) is 0. The van der Waals surface area contributed by atoms with Gasteiger partial charge in [0.2, 0.25) is 0 Å². The van der Waals surface area contributed by atoms with Gasteiger partial charge in [-0.1, -0.05) is 0 Å². The van der Waals surface area contributed by atoms with Gasteiger partial charge in [0.1, 0.15) is 0 Å². The lowest BCUT2D eigenvalue weighted by atomic mass is 10.3. The summed E-state index contributed by atoms with van der Waals surface area (Å²) < 4.78 is 70.7. The average Bonchev–Trinajstić information content (AvgIpc) is 1.84. The molecule has 1 nitrogen and oxygen atoms in total. The molecular formula is C3HClF6O. The molecule has 0 aromatic carbocycles. The van der Waals surface area contributed by atoms with Gasteiger partial charge in [0.05, 0.1) is 11.9 Å². The van der Waals surface area contributed by atoms with E-state index in [1.165, 1.54) is 0 Å². The average molecular weight is 202 g/mol. The zero-order valence-electron chi connectivity index (χ0n) is 4.63. The molecule has 0 rings (SSSR count). The standard InChI is InChI=1S/C3HClF6O/c4-11-3(9,10)1(5)2(6,7)8/h1H. The number of hydrogen-bond acceptors (Lipinski definition) is 1. The first kappa shape index (κ1) is 10.8. The molecule has 0 aliphatic carbocycles. The lowest BCUT2D eigenvalue weighted by Gasteiger charge is -2.18. The zero-order valence-corrected chi connectivity index (χ0v) is 5.39. The highest BCUT2D eigenvalue weighted by molar-refractivity contribution is 6.07. The van der Waals surface area contributed by atoms with Gasteiger partial charge in [0.25, 0.3) is 6.17 Å². The molecule has 68 valence electrons. The predicted molar refractivity (Wildman–Crippen MR) is 22.8 cm³/mol. The fourth-order valence-corrected chi connectivity index (χ4v) is 0.308. The van der Waals surface area contributed by atoms with Crippen LogP contribution in [0.1, 0.15) is 0 Å². The SMILES string of the molecule is FC(C(F)(F)F)C(F)(F)OCl. The minimum atomic E-state index is -5.68. The van der Waals surface area contributed by atoms with Crippen molar-refractivity contribution in [3.05, 3.63) is 0 Å². The molecule has 0 N–H and O–H groups in total. The third-order valence-electron chi connectivity index (χ3n) is 0.685. The summed E-state index contributed by atoms with van der Waals surface area (Å²) in [7, 11) is 0. The van der Waals surface area contributed by atoms with E-state index in [0.29, 0.717) is 0 Å². The van der Waals surface area contributed by atoms with Crippen LogP contribution in [0.2, 0.25) is 0 Å². The molecule has 0 saturated carbocycles. The van der Waals surface area contributed by atoms with Crippen molar-refractivity contribution in [2.45, 2.75) is 18.5 Å². The molecule has 0 aromatic rings. The van der Waals surface area contributed by atoms with Crippen molar-refractivity contribution in [2.24, 2.45) is 0 Å². The van der Waals surface area contributed by atoms with E-state index in [9.17, 15) is 26.3 Å². The molecule has 11 heavy (non-hydrogen) atoms. The van der Waals surface area contributed by atoms with Crippen molar-refractivity contribution in [3.8, 4) is 0 Å². The first-order chi connectivity index (χ1) is 4.72. The molecule has 8 heteroatoms. The Hall–Kier alpha value is -0.170. The Morgan fingerprint density at radius 3 is 1.55 bits per heavy atom. The van der Waals surface area contributed by atoms with Crippen molar-refractivity contribution in [3.63, 3.8) is 0 Å². The Labute approximate surface area is 62.1 Å². The summed E-state index contributed by atoms with van der Waals surface area (Å²) in [6.07, 6.45) is -15.1. The van der Waals surface area contributed by atoms with E-state index in [1.807, 2.05) is 0 Å². The van der Waals surface area contributed by atoms with Gasteiger partial charge in [-0.25, -0.2) is 8.68 Å². The molecule has 1 atom stereocenters. The molecule has 0 heterocycles. The number of rotatable bonds is 2. The number of halogens is 7. The van der Waals surface area contributed by atoms with Crippen LogP contribution in [0.5, 0.6) is 0 Å². The van der Waals surface area contributed by atoms with Crippen LogP contribution in [0.4, 0.5) is 26.3 Å². The van der Waals surface area contributed by atoms with Crippen molar-refractivity contribution in [1.29, 1.82) is 0 Å². The maximum Gasteiger partial charge on any atom is 0.428 e. The fraction of sp³-hybridized carbons (Fsp3) is 1.00. The molecule has 1 unspecified atom stereocenters. The normalized spacial score (nSPS) is 16.6. The van der Waals surface area contributed by atoms with Gasteiger partial charge in [0, 0.05) is 0 Å². The Morgan fingerprint density at radius 2 is 1.45 bits per heavy atom. The molecule has 0 spiro atoms. The lowest BCUT2D eigenvalue weighted by Crippen LogP contribution is -2.41. The summed E-state index contributed by atoms with van der Waals surface area (Å²) in [6, 6.07) is 0. The predicted octanol–water partition coefficient (Wildman–Crippen LogP) is 2.65. The highest BCUT2D eigenvalue weighted by atomic mass is 35.5. The summed E-state index contributed by atoms with van der Waals surface area (Å²) in [5, 5.41) is 0. The molecule has 0 aliphatic rings. The van der Waals surface area contributed by atoms with Crippen LogP contribution in [0.15, 0.2) is 0 Å². The molecule has 0 saturated heterocycles. The van der Waals surface area contributed by atoms with Crippen LogP contribution >= 0.6 is 11.9 Å². The second kappa shape index (κ2) is 3.06. The third kappa shape index (κ3) is 2.74. The zero-order chi connectivity index (χ0) is 9.28. The van der Waals surface area contributed by atoms with E-state index >= 15 is 0 Å². The van der Waals surface area contributed by atoms with Crippen LogP contribution < -0.4 is 0 Å². The Balaban J connectivity index is 4.35. The fourth-order valence-electron chi connectivity index (χ4n) is 0.230. The Kier molecular flexibility index (Phi) is 3.01. The van der Waals surface area contributed by atoms with Crippen molar-refractivity contribution in [1.82, 2.24) is 0 Å². The minimum Gasteiger partial charge on any atom is -0.228 e. The van der Waals surface area contributed by atoms with Gasteiger partial charge in [-0.2, -0.15) is 22.0 Å². The molecular weight excluding hydrogens is 201 g/mol. The highest BCUT2D eigenvalue weighted by Crippen LogP contribution is 2.36. The molecule has 0 amide bonds. The largest absolute Gasteiger partial charge is 0.428 e. The summed E-state index contributed by atoms with van der Waals surface area (Å²) in [5.74, 6) is 0. The van der Waals surface area contributed by atoms with Crippen LogP contribution in [0, 0.1) is 0 Å². The van der Waals surface area contributed by atoms with E-state index in [0.717, 1.165) is 0 Å². The van der Waals surface area contributed by atoms with Gasteiger partial charge in [-0.3, -0.25) is 0 Å². The van der Waals surface area contributed by atoms with Crippen LogP contribution in [0.3, 0.4) is 0 Å². The van der Waals surface area contributed by atoms with Gasteiger partial charge >= 0.3 is 12.3 Å². The van der Waals surface area contributed by atoms with Gasteiger partial charge in [0.15, 0.2) is 0 Å². The van der Waals surface area contributed by atoms with Crippen LogP contribution in [-0.4, -0.2) is 18.5 Å². The van der Waals surface area contributed by atoms with E-state index in [-0.39, 0.29) is 0 Å². The van der Waals surface area contributed by atoms with Crippen LogP contribution in [0.25, 0.3) is 0 Å². The topological polar surface area (TPSA) is 9.23 Å². The monoisotopic (exact) mass is 202 g/mol. The van der Waals surface area contributed by atoms with Crippen LogP contribution in [-0.2, 0) is 4.29 Å². The number of hydrogen-bond donors (Lipinski definition) is 0. The Bertz CT molecular complexity index is 132. The lowest BCUT2D eigenvalue weighted by molar-refractivity contribution is -0.304. The third-order valence-corrected chi connectivity index (χ3v) is 0.891.